The van der Waals surface area contributed by atoms with E-state index < -0.39 is 30.5 Å². The van der Waals surface area contributed by atoms with Crippen molar-refractivity contribution in [2.45, 2.75) is 50.5 Å². The van der Waals surface area contributed by atoms with Gasteiger partial charge in [-0.3, -0.25) is 9.48 Å². The van der Waals surface area contributed by atoms with Gasteiger partial charge in [-0.1, -0.05) is 31.2 Å². The molecule has 5 nitrogen and oxygen atoms in total. The summed E-state index contributed by atoms with van der Waals surface area (Å²) in [6, 6.07) is 3.45. The molecule has 182 valence electrons. The third-order valence-electron chi connectivity index (χ3n) is 6.43. The molecule has 2 aromatic heterocycles. The molecule has 1 atom stereocenters. The summed E-state index contributed by atoms with van der Waals surface area (Å²) >= 11 is 0. The van der Waals surface area contributed by atoms with Crippen LogP contribution in [0.25, 0.3) is 17.1 Å². The normalized spacial score (nSPS) is 20.1. The van der Waals surface area contributed by atoms with E-state index in [1.807, 2.05) is 24.3 Å². The Morgan fingerprint density at radius 1 is 1.09 bits per heavy atom. The van der Waals surface area contributed by atoms with Gasteiger partial charge in [0.1, 0.15) is 11.5 Å². The van der Waals surface area contributed by atoms with Crippen LogP contribution >= 0.6 is 0 Å². The highest BCUT2D eigenvalue weighted by atomic mass is 19.3. The number of allylic oxidation sites excluding steroid dienone is 4. The van der Waals surface area contributed by atoms with Crippen molar-refractivity contribution in [3.63, 3.8) is 0 Å². The van der Waals surface area contributed by atoms with Gasteiger partial charge in [0.2, 0.25) is 5.43 Å². The standard InChI is InChI=1S/C25H21F5N4O/c1-2-15-14-33(21-11-17-13-25(29,30)24(27,28)12-16(17)10-19(21)26)32-22(23(15)35)20-8-9-31-34(20)18-6-4-3-5-7-18/h3-6,8-11,14,18H,2,7,12-13H2,1H3. The molecule has 10 heteroatoms. The second-order valence-corrected chi connectivity index (χ2v) is 8.74. The zero-order valence-electron chi connectivity index (χ0n) is 18.7. The third kappa shape index (κ3) is 3.90. The predicted molar refractivity (Wildman–Crippen MR) is 120 cm³/mol. The highest BCUT2D eigenvalue weighted by molar-refractivity contribution is 5.56. The van der Waals surface area contributed by atoms with Crippen molar-refractivity contribution < 1.29 is 22.0 Å². The van der Waals surface area contributed by atoms with Crippen LogP contribution < -0.4 is 5.43 Å². The maximum atomic E-state index is 15.1. The second-order valence-electron chi connectivity index (χ2n) is 8.74. The molecule has 5 rings (SSSR count). The Morgan fingerprint density at radius 3 is 2.46 bits per heavy atom. The van der Waals surface area contributed by atoms with E-state index in [0.29, 0.717) is 24.1 Å². The second kappa shape index (κ2) is 8.28. The first-order chi connectivity index (χ1) is 16.6. The van der Waals surface area contributed by atoms with E-state index in [2.05, 4.69) is 10.2 Å². The molecule has 0 bridgehead atoms. The van der Waals surface area contributed by atoms with E-state index in [9.17, 15) is 22.4 Å². The van der Waals surface area contributed by atoms with Gasteiger partial charge in [-0.2, -0.15) is 27.8 Å². The molecular formula is C25H21F5N4O. The molecule has 1 aromatic carbocycles. The van der Waals surface area contributed by atoms with Crippen LogP contribution in [0.5, 0.6) is 0 Å². The lowest BCUT2D eigenvalue weighted by Gasteiger charge is -2.32. The quantitative estimate of drug-likeness (QED) is 0.473. The minimum atomic E-state index is -4.26. The zero-order chi connectivity index (χ0) is 25.0. The Morgan fingerprint density at radius 2 is 1.80 bits per heavy atom. The van der Waals surface area contributed by atoms with Crippen molar-refractivity contribution in [2.24, 2.45) is 0 Å². The lowest BCUT2D eigenvalue weighted by Crippen LogP contribution is -2.47. The van der Waals surface area contributed by atoms with E-state index in [0.717, 1.165) is 16.8 Å². The average molecular weight is 488 g/mol. The summed E-state index contributed by atoms with van der Waals surface area (Å²) in [4.78, 5) is 13.2. The van der Waals surface area contributed by atoms with E-state index in [1.54, 1.807) is 17.7 Å². The van der Waals surface area contributed by atoms with Crippen molar-refractivity contribution >= 4 is 0 Å². The number of hydrogen-bond donors (Lipinski definition) is 0. The predicted octanol–water partition coefficient (Wildman–Crippen LogP) is 5.22. The maximum Gasteiger partial charge on any atom is 0.314 e. The van der Waals surface area contributed by atoms with Gasteiger partial charge >= 0.3 is 11.8 Å². The Kier molecular flexibility index (Phi) is 5.49. The van der Waals surface area contributed by atoms with Crippen molar-refractivity contribution in [3.05, 3.63) is 87.6 Å². The van der Waals surface area contributed by atoms with Gasteiger partial charge in [0.05, 0.1) is 11.7 Å². The fourth-order valence-electron chi connectivity index (χ4n) is 4.49. The molecule has 1 unspecified atom stereocenters. The zero-order valence-corrected chi connectivity index (χ0v) is 18.7. The van der Waals surface area contributed by atoms with Crippen LogP contribution in [0.15, 0.2) is 59.7 Å². The summed E-state index contributed by atoms with van der Waals surface area (Å²) in [5.74, 6) is -9.41. The van der Waals surface area contributed by atoms with Crippen molar-refractivity contribution in [2.75, 3.05) is 0 Å². The average Bonchev–Trinajstić information content (AvgIpc) is 3.30. The first-order valence-electron chi connectivity index (χ1n) is 11.2. The number of rotatable bonds is 4. The highest BCUT2D eigenvalue weighted by Crippen LogP contribution is 2.45. The Bertz CT molecular complexity index is 1420. The van der Waals surface area contributed by atoms with E-state index in [-0.39, 0.29) is 34.0 Å². The first kappa shape index (κ1) is 23.2. The van der Waals surface area contributed by atoms with Gasteiger partial charge in [-0.15, -0.1) is 0 Å². The number of aromatic nitrogens is 4. The number of benzene rings is 1. The Balaban J connectivity index is 1.64. The number of nitrogens with zero attached hydrogens (tertiary/aromatic N) is 4. The van der Waals surface area contributed by atoms with Crippen molar-refractivity contribution in [3.8, 4) is 17.1 Å². The molecule has 3 aromatic rings. The minimum Gasteiger partial charge on any atom is -0.287 e. The Hall–Kier alpha value is -3.56. The lowest BCUT2D eigenvalue weighted by molar-refractivity contribution is -0.211. The van der Waals surface area contributed by atoms with Gasteiger partial charge in [0, 0.05) is 30.8 Å². The van der Waals surface area contributed by atoms with Crippen molar-refractivity contribution in [1.82, 2.24) is 19.6 Å². The minimum absolute atomic E-state index is 0.0267. The van der Waals surface area contributed by atoms with Crippen LogP contribution in [0, 0.1) is 5.82 Å². The SMILES string of the molecule is CCc1cn(-c2cc3c(cc2F)CC(F)(F)C(F)(F)C3)nc(-c2ccnn2C2C=CC=CC2)c1=O. The monoisotopic (exact) mass is 488 g/mol. The molecule has 0 saturated carbocycles. The molecule has 0 N–H and O–H groups in total. The summed E-state index contributed by atoms with van der Waals surface area (Å²) in [5.41, 5.74) is -0.0308. The number of alkyl halides is 4. The third-order valence-corrected chi connectivity index (χ3v) is 6.43. The smallest absolute Gasteiger partial charge is 0.287 e. The topological polar surface area (TPSA) is 52.7 Å². The van der Waals surface area contributed by atoms with Crippen LogP contribution in [-0.4, -0.2) is 31.4 Å². The van der Waals surface area contributed by atoms with Gasteiger partial charge in [0.15, 0.2) is 5.69 Å². The summed E-state index contributed by atoms with van der Waals surface area (Å²) in [6.45, 7) is 1.75. The summed E-state index contributed by atoms with van der Waals surface area (Å²) in [5, 5.41) is 8.68. The van der Waals surface area contributed by atoms with Crippen LogP contribution in [0.2, 0.25) is 0 Å². The number of aryl methyl sites for hydroxylation is 1. The molecule has 2 heterocycles. The van der Waals surface area contributed by atoms with Crippen molar-refractivity contribution in [1.29, 1.82) is 0 Å². The molecule has 0 fully saturated rings. The summed E-state index contributed by atoms with van der Waals surface area (Å²) < 4.78 is 73.5. The van der Waals surface area contributed by atoms with E-state index in [1.165, 1.54) is 12.4 Å². The van der Waals surface area contributed by atoms with E-state index in [4.69, 9.17) is 0 Å². The van der Waals surface area contributed by atoms with Gasteiger partial charge in [-0.25, -0.2) is 9.07 Å². The van der Waals surface area contributed by atoms with Crippen LogP contribution in [-0.2, 0) is 19.3 Å². The first-order valence-corrected chi connectivity index (χ1v) is 11.2. The van der Waals surface area contributed by atoms with Crippen LogP contribution in [0.4, 0.5) is 22.0 Å². The molecule has 35 heavy (non-hydrogen) atoms. The molecular weight excluding hydrogens is 467 g/mol. The molecule has 2 aliphatic carbocycles. The molecule has 2 aliphatic rings. The molecule has 0 aliphatic heterocycles. The number of fused-ring (bicyclic) bond motifs is 1. The molecule has 0 spiro atoms. The van der Waals surface area contributed by atoms with Gasteiger partial charge in [-0.05, 0) is 42.2 Å². The molecule has 0 radical (unpaired) electrons. The number of halogens is 5. The van der Waals surface area contributed by atoms with E-state index >= 15 is 4.39 Å². The fourth-order valence-corrected chi connectivity index (χ4v) is 4.49. The largest absolute Gasteiger partial charge is 0.314 e. The van der Waals surface area contributed by atoms with Gasteiger partial charge < -0.3 is 0 Å². The molecule has 0 amide bonds. The summed E-state index contributed by atoms with van der Waals surface area (Å²) in [7, 11) is 0. The lowest BCUT2D eigenvalue weighted by atomic mass is 9.86. The number of hydrogen-bond acceptors (Lipinski definition) is 3. The summed E-state index contributed by atoms with van der Waals surface area (Å²) in [6.07, 6.45) is 9.04. The fraction of sp³-hybridized carbons (Fsp3) is 0.320. The van der Waals surface area contributed by atoms with Crippen LogP contribution in [0.1, 0.15) is 36.1 Å². The van der Waals surface area contributed by atoms with Gasteiger partial charge in [0.25, 0.3) is 0 Å². The van der Waals surface area contributed by atoms with Crippen LogP contribution in [0.3, 0.4) is 0 Å². The highest BCUT2D eigenvalue weighted by Gasteiger charge is 2.58. The molecule has 0 saturated heterocycles. The Labute approximate surface area is 197 Å². The maximum absolute atomic E-state index is 15.1.